The van der Waals surface area contributed by atoms with Crippen molar-refractivity contribution in [3.05, 3.63) is 42.0 Å². The van der Waals surface area contributed by atoms with E-state index in [1.165, 1.54) is 0 Å². The van der Waals surface area contributed by atoms with Gasteiger partial charge in [0.2, 0.25) is 0 Å². The van der Waals surface area contributed by atoms with E-state index >= 15 is 0 Å². The smallest absolute Gasteiger partial charge is 0.303 e. The lowest BCUT2D eigenvalue weighted by atomic mass is 10.2. The molecule has 0 radical (unpaired) electrons. The normalized spacial score (nSPS) is 12.5. The van der Waals surface area contributed by atoms with Crippen molar-refractivity contribution >= 4 is 5.97 Å². The van der Waals surface area contributed by atoms with Gasteiger partial charge in [-0.1, -0.05) is 24.3 Å². The molecule has 5 heteroatoms. The van der Waals surface area contributed by atoms with E-state index in [2.05, 4.69) is 0 Å². The third kappa shape index (κ3) is 8.44. The predicted molar refractivity (Wildman–Crippen MR) is 83.9 cm³/mol. The molecule has 1 rings (SSSR count). The summed E-state index contributed by atoms with van der Waals surface area (Å²) in [5.74, 6) is 0.0252. The molecule has 0 heterocycles. The Kier molecular flexibility index (Phi) is 8.95. The fraction of sp³-hybridized carbons (Fsp3) is 0.471. The van der Waals surface area contributed by atoms with E-state index in [-0.39, 0.29) is 13.0 Å². The van der Waals surface area contributed by atoms with Crippen LogP contribution in [0.1, 0.15) is 31.2 Å². The molecule has 0 aliphatic heterocycles. The largest absolute Gasteiger partial charge is 0.497 e. The Morgan fingerprint density at radius 1 is 1.27 bits per heavy atom. The number of aliphatic hydroxyl groups excluding tert-OH is 1. The summed E-state index contributed by atoms with van der Waals surface area (Å²) in [6.07, 6.45) is 5.24. The highest BCUT2D eigenvalue weighted by Gasteiger charge is 2.02. The summed E-state index contributed by atoms with van der Waals surface area (Å²) in [5.41, 5.74) is 1.03. The van der Waals surface area contributed by atoms with Crippen LogP contribution in [0, 0.1) is 0 Å². The van der Waals surface area contributed by atoms with Crippen molar-refractivity contribution in [2.45, 2.75) is 38.4 Å². The highest BCUT2D eigenvalue weighted by molar-refractivity contribution is 5.66. The minimum atomic E-state index is -0.777. The van der Waals surface area contributed by atoms with Crippen LogP contribution >= 0.6 is 0 Å². The Morgan fingerprint density at radius 2 is 2.00 bits per heavy atom. The number of aliphatic hydroxyl groups is 1. The zero-order valence-electron chi connectivity index (χ0n) is 12.9. The summed E-state index contributed by atoms with van der Waals surface area (Å²) in [4.78, 5) is 10.3. The molecule has 0 saturated heterocycles. The van der Waals surface area contributed by atoms with Gasteiger partial charge in [-0.15, -0.1) is 0 Å². The van der Waals surface area contributed by atoms with E-state index in [0.29, 0.717) is 25.9 Å². The van der Waals surface area contributed by atoms with Gasteiger partial charge >= 0.3 is 5.97 Å². The first-order valence-electron chi connectivity index (χ1n) is 7.37. The number of hydrogen-bond donors (Lipinski definition) is 2. The minimum Gasteiger partial charge on any atom is -0.497 e. The molecule has 0 unspecified atom stereocenters. The van der Waals surface area contributed by atoms with Crippen molar-refractivity contribution in [2.75, 3.05) is 13.7 Å². The molecule has 0 amide bonds. The Morgan fingerprint density at radius 3 is 2.64 bits per heavy atom. The Hall–Kier alpha value is -1.85. The minimum absolute atomic E-state index is 0.178. The molecule has 1 atom stereocenters. The van der Waals surface area contributed by atoms with Crippen LogP contribution in [0.2, 0.25) is 0 Å². The molecule has 0 bridgehead atoms. The van der Waals surface area contributed by atoms with Gasteiger partial charge in [0.15, 0.2) is 0 Å². The lowest BCUT2D eigenvalue weighted by Crippen LogP contribution is -2.14. The number of rotatable bonds is 11. The summed E-state index contributed by atoms with van der Waals surface area (Å²) in [6, 6.07) is 7.59. The fourth-order valence-corrected chi connectivity index (χ4v) is 1.84. The van der Waals surface area contributed by atoms with Crippen LogP contribution < -0.4 is 4.74 Å². The van der Waals surface area contributed by atoms with E-state index in [4.69, 9.17) is 14.6 Å². The third-order valence-electron chi connectivity index (χ3n) is 3.07. The number of carbonyl (C=O) groups is 1. The highest BCUT2D eigenvalue weighted by Crippen LogP contribution is 2.12. The van der Waals surface area contributed by atoms with Crippen molar-refractivity contribution in [2.24, 2.45) is 0 Å². The van der Waals surface area contributed by atoms with Crippen LogP contribution in [-0.2, 0) is 16.1 Å². The van der Waals surface area contributed by atoms with Crippen molar-refractivity contribution in [1.82, 2.24) is 0 Å². The first-order valence-corrected chi connectivity index (χ1v) is 7.37. The van der Waals surface area contributed by atoms with Gasteiger partial charge in [-0.05, 0) is 37.0 Å². The van der Waals surface area contributed by atoms with Crippen molar-refractivity contribution in [1.29, 1.82) is 0 Å². The van der Waals surface area contributed by atoms with E-state index < -0.39 is 12.1 Å². The lowest BCUT2D eigenvalue weighted by Gasteiger charge is -2.09. The molecule has 0 aliphatic rings. The van der Waals surface area contributed by atoms with Gasteiger partial charge in [-0.2, -0.15) is 0 Å². The van der Waals surface area contributed by atoms with Gasteiger partial charge < -0.3 is 19.7 Å². The van der Waals surface area contributed by atoms with Gasteiger partial charge in [-0.25, -0.2) is 0 Å². The molecular formula is C17H24O5. The summed E-state index contributed by atoms with van der Waals surface area (Å²) in [6.45, 7) is 0.717. The molecule has 22 heavy (non-hydrogen) atoms. The van der Waals surface area contributed by atoms with E-state index in [9.17, 15) is 9.90 Å². The van der Waals surface area contributed by atoms with Crippen LogP contribution in [0.15, 0.2) is 36.4 Å². The average molecular weight is 308 g/mol. The summed E-state index contributed by atoms with van der Waals surface area (Å²) in [7, 11) is 1.62. The molecule has 122 valence electrons. The Bertz CT molecular complexity index is 453. The zero-order chi connectivity index (χ0) is 16.2. The van der Waals surface area contributed by atoms with Crippen LogP contribution in [-0.4, -0.2) is 36.0 Å². The standard InChI is InChI=1S/C17H24O5/c1-21-16-10-8-14(9-11-16)12-22-13-15(18)6-4-2-3-5-7-17(19)20/h2,4,8-11,15,18H,3,5-7,12-13H2,1H3,(H,19,20)/b4-2-/t15-/m0/s1. The molecule has 0 aromatic heterocycles. The number of aliphatic carboxylic acids is 1. The number of benzene rings is 1. The SMILES string of the molecule is COc1ccc(COC[C@@H](O)C/C=C\CCCC(=O)O)cc1. The first kappa shape index (κ1) is 18.2. The first-order chi connectivity index (χ1) is 10.6. The van der Waals surface area contributed by atoms with Gasteiger partial charge in [-0.3, -0.25) is 4.79 Å². The molecule has 0 spiro atoms. The van der Waals surface area contributed by atoms with Crippen molar-refractivity contribution < 1.29 is 24.5 Å². The number of allylic oxidation sites excluding steroid dienone is 1. The quantitative estimate of drug-likeness (QED) is 0.485. The molecule has 1 aromatic rings. The molecule has 0 saturated carbocycles. The van der Waals surface area contributed by atoms with E-state index in [1.807, 2.05) is 36.4 Å². The summed E-state index contributed by atoms with van der Waals surface area (Å²) >= 11 is 0. The third-order valence-corrected chi connectivity index (χ3v) is 3.07. The maximum Gasteiger partial charge on any atom is 0.303 e. The monoisotopic (exact) mass is 308 g/mol. The number of hydrogen-bond acceptors (Lipinski definition) is 4. The second-order valence-corrected chi connectivity index (χ2v) is 5.01. The highest BCUT2D eigenvalue weighted by atomic mass is 16.5. The number of unbranched alkanes of at least 4 members (excludes halogenated alkanes) is 1. The predicted octanol–water partition coefficient (Wildman–Crippen LogP) is 2.77. The second-order valence-electron chi connectivity index (χ2n) is 5.01. The van der Waals surface area contributed by atoms with Crippen molar-refractivity contribution in [3.63, 3.8) is 0 Å². The van der Waals surface area contributed by atoms with Crippen molar-refractivity contribution in [3.8, 4) is 5.75 Å². The lowest BCUT2D eigenvalue weighted by molar-refractivity contribution is -0.137. The molecular weight excluding hydrogens is 284 g/mol. The number of carboxylic acids is 1. The van der Waals surface area contributed by atoms with Crippen LogP contribution in [0.3, 0.4) is 0 Å². The summed E-state index contributed by atoms with van der Waals surface area (Å²) < 4.78 is 10.5. The maximum atomic E-state index is 10.3. The average Bonchev–Trinajstić information content (AvgIpc) is 2.51. The number of ether oxygens (including phenoxy) is 2. The molecule has 5 nitrogen and oxygen atoms in total. The van der Waals surface area contributed by atoms with Gasteiger partial charge in [0.1, 0.15) is 5.75 Å². The number of methoxy groups -OCH3 is 1. The molecule has 0 aliphatic carbocycles. The fourth-order valence-electron chi connectivity index (χ4n) is 1.84. The maximum absolute atomic E-state index is 10.3. The zero-order valence-corrected chi connectivity index (χ0v) is 12.9. The van der Waals surface area contributed by atoms with Gasteiger partial charge in [0.05, 0.1) is 26.4 Å². The van der Waals surface area contributed by atoms with E-state index in [1.54, 1.807) is 7.11 Å². The van der Waals surface area contributed by atoms with Crippen LogP contribution in [0.4, 0.5) is 0 Å². The van der Waals surface area contributed by atoms with Gasteiger partial charge in [0, 0.05) is 6.42 Å². The number of carboxylic acid groups (broad SMARTS) is 1. The topological polar surface area (TPSA) is 76.0 Å². The summed E-state index contributed by atoms with van der Waals surface area (Å²) in [5, 5.41) is 18.3. The molecule has 0 fully saturated rings. The van der Waals surface area contributed by atoms with Crippen LogP contribution in [0.5, 0.6) is 5.75 Å². The second kappa shape index (κ2) is 10.8. The molecule has 2 N–H and O–H groups in total. The van der Waals surface area contributed by atoms with Gasteiger partial charge in [0.25, 0.3) is 0 Å². The van der Waals surface area contributed by atoms with E-state index in [0.717, 1.165) is 11.3 Å². The van der Waals surface area contributed by atoms with Crippen LogP contribution in [0.25, 0.3) is 0 Å². The Labute approximate surface area is 131 Å². The molecule has 1 aromatic carbocycles. The Balaban J connectivity index is 2.10.